The van der Waals surface area contributed by atoms with E-state index in [1.807, 2.05) is 24.3 Å². The molecule has 90 heavy (non-hydrogen) atoms. The average Bonchev–Trinajstić information content (AvgIpc) is 0.740. The first-order valence-electron chi connectivity index (χ1n) is 30.7. The number of benzene rings is 12. The van der Waals surface area contributed by atoms with Crippen LogP contribution in [0, 0.1) is 13.8 Å². The Morgan fingerprint density at radius 2 is 0.700 bits per heavy atom. The zero-order valence-corrected chi connectivity index (χ0v) is 49.6. The molecule has 2 aliphatic heterocycles. The van der Waals surface area contributed by atoms with Crippen LogP contribution in [0.15, 0.2) is 303 Å². The highest BCUT2D eigenvalue weighted by atomic mass is 15.2. The van der Waals surface area contributed by atoms with Gasteiger partial charge in [-0.1, -0.05) is 211 Å². The van der Waals surface area contributed by atoms with E-state index in [0.29, 0.717) is 11.6 Å². The number of fused-ring (bicyclic) bond motifs is 7. The fourth-order valence-electron chi connectivity index (χ4n) is 13.8. The topological polar surface area (TPSA) is 63.0 Å². The zero-order valence-electron chi connectivity index (χ0n) is 49.6. The molecule has 2 aliphatic rings. The zero-order chi connectivity index (χ0) is 59.8. The molecule has 0 N–H and O–H groups in total. The number of rotatable bonds is 10. The van der Waals surface area contributed by atoms with Gasteiger partial charge < -0.3 is 14.4 Å². The lowest BCUT2D eigenvalue weighted by Crippen LogP contribution is -2.61. The first kappa shape index (κ1) is 52.6. The Labute approximate surface area is 523 Å². The highest BCUT2D eigenvalue weighted by Crippen LogP contribution is 2.45. The van der Waals surface area contributed by atoms with Crippen molar-refractivity contribution in [2.45, 2.75) is 13.8 Å². The average molecular weight is 1150 g/mol. The third-order valence-corrected chi connectivity index (χ3v) is 17.9. The van der Waals surface area contributed by atoms with Crippen LogP contribution >= 0.6 is 0 Å². The van der Waals surface area contributed by atoms with Crippen LogP contribution < -0.4 is 26.2 Å². The standard InChI is InChI=1S/C82H56BN7/c1-53-37-44-73-64(47-53)65-48-54(2)38-45-74(65)90(73)75-46-41-61(72-51-69(56-21-7-3-8-22-56)84-81(85-72)58-25-11-5-12-26-58)50-66(75)82-86-70(57-23-9-4-10-24-57)52-71(87-82)60-28-19-27-59(49-60)55-39-42-63(43-40-55)89-77-34-18-16-32-68(77)83-67-31-15-17-33-76(67)88(62-29-13-6-14-30-62)78-35-20-36-79(89)80(78)83/h3-52H,1-2H3. The molecule has 7 nitrogen and oxygen atoms in total. The number of aryl methyl sites for hydroxylation is 2. The van der Waals surface area contributed by atoms with E-state index in [9.17, 15) is 0 Å². The Morgan fingerprint density at radius 1 is 0.278 bits per heavy atom. The molecule has 0 amide bonds. The van der Waals surface area contributed by atoms with Crippen molar-refractivity contribution in [2.24, 2.45) is 0 Å². The largest absolute Gasteiger partial charge is 0.311 e. The van der Waals surface area contributed by atoms with Crippen molar-refractivity contribution in [3.63, 3.8) is 0 Å². The number of nitrogens with zero attached hydrogens (tertiary/aromatic N) is 7. The SMILES string of the molecule is Cc1ccc2c(c1)c1cc(C)ccc1n2-c1ccc(-c2cc(-c3ccccc3)nc(-c3ccccc3)n2)cc1-c1nc(-c2ccccc2)cc(-c2cccc(-c3ccc(N4c5ccccc5B5c6ccccc6N(c6ccccc6)c6cccc4c65)cc3)c2)n1. The van der Waals surface area contributed by atoms with Crippen LogP contribution in [0.25, 0.3) is 106 Å². The van der Waals surface area contributed by atoms with Gasteiger partial charge in [0.2, 0.25) is 0 Å². The maximum Gasteiger partial charge on any atom is 0.252 e. The minimum atomic E-state index is 0.0732. The third-order valence-electron chi connectivity index (χ3n) is 17.9. The van der Waals surface area contributed by atoms with E-state index in [-0.39, 0.29) is 6.71 Å². The summed E-state index contributed by atoms with van der Waals surface area (Å²) in [6.07, 6.45) is 0. The lowest BCUT2D eigenvalue weighted by Gasteiger charge is -2.44. The summed E-state index contributed by atoms with van der Waals surface area (Å²) in [5.74, 6) is 1.24. The molecule has 5 heterocycles. The van der Waals surface area contributed by atoms with Crippen molar-refractivity contribution in [3.05, 3.63) is 314 Å². The number of aromatic nitrogens is 5. The second-order valence-corrected chi connectivity index (χ2v) is 23.5. The summed E-state index contributed by atoms with van der Waals surface area (Å²) < 4.78 is 2.39. The molecule has 17 rings (SSSR count). The van der Waals surface area contributed by atoms with Gasteiger partial charge in [-0.05, 0) is 144 Å². The van der Waals surface area contributed by atoms with Crippen molar-refractivity contribution >= 4 is 79.0 Å². The third kappa shape index (κ3) is 8.99. The van der Waals surface area contributed by atoms with E-state index in [0.717, 1.165) is 95.4 Å². The maximum absolute atomic E-state index is 5.67. The lowest BCUT2D eigenvalue weighted by atomic mass is 9.33. The van der Waals surface area contributed by atoms with E-state index in [1.54, 1.807) is 0 Å². The molecule has 0 unspecified atom stereocenters. The molecule has 0 saturated carbocycles. The van der Waals surface area contributed by atoms with Crippen LogP contribution in [0.1, 0.15) is 11.1 Å². The van der Waals surface area contributed by atoms with Gasteiger partial charge in [0.05, 0.1) is 39.5 Å². The molecule has 0 atom stereocenters. The van der Waals surface area contributed by atoms with Gasteiger partial charge in [0.25, 0.3) is 6.71 Å². The lowest BCUT2D eigenvalue weighted by molar-refractivity contribution is 1.13. The van der Waals surface area contributed by atoms with Gasteiger partial charge >= 0.3 is 0 Å². The van der Waals surface area contributed by atoms with Crippen molar-refractivity contribution in [2.75, 3.05) is 9.80 Å². The highest BCUT2D eigenvalue weighted by Gasteiger charge is 2.43. The minimum Gasteiger partial charge on any atom is -0.311 e. The second kappa shape index (κ2) is 21.6. The predicted molar refractivity (Wildman–Crippen MR) is 374 cm³/mol. The molecule has 12 aromatic carbocycles. The van der Waals surface area contributed by atoms with Crippen molar-refractivity contribution in [1.29, 1.82) is 0 Å². The summed E-state index contributed by atoms with van der Waals surface area (Å²) >= 11 is 0. The molecular formula is C82H56BN7. The van der Waals surface area contributed by atoms with Crippen LogP contribution in [0.4, 0.5) is 34.1 Å². The first-order valence-corrected chi connectivity index (χ1v) is 30.7. The molecule has 0 spiro atoms. The van der Waals surface area contributed by atoms with E-state index in [2.05, 4.69) is 307 Å². The monoisotopic (exact) mass is 1150 g/mol. The molecular weight excluding hydrogens is 1090 g/mol. The van der Waals surface area contributed by atoms with Crippen molar-refractivity contribution < 1.29 is 0 Å². The van der Waals surface area contributed by atoms with Crippen molar-refractivity contribution in [3.8, 4) is 84.6 Å². The number of hydrogen-bond acceptors (Lipinski definition) is 6. The summed E-state index contributed by atoms with van der Waals surface area (Å²) in [7, 11) is 0. The van der Waals surface area contributed by atoms with Gasteiger partial charge in [-0.25, -0.2) is 19.9 Å². The highest BCUT2D eigenvalue weighted by molar-refractivity contribution is 7.00. The predicted octanol–water partition coefficient (Wildman–Crippen LogP) is 18.7. The second-order valence-electron chi connectivity index (χ2n) is 23.5. The summed E-state index contributed by atoms with van der Waals surface area (Å²) in [6, 6.07) is 109. The quantitative estimate of drug-likeness (QED) is 0.127. The van der Waals surface area contributed by atoms with Gasteiger partial charge in [-0.15, -0.1) is 0 Å². The van der Waals surface area contributed by atoms with E-state index in [4.69, 9.17) is 19.9 Å². The summed E-state index contributed by atoms with van der Waals surface area (Å²) in [6.45, 7) is 4.40. The number of hydrogen-bond donors (Lipinski definition) is 0. The smallest absolute Gasteiger partial charge is 0.252 e. The first-order chi connectivity index (χ1) is 44.4. The van der Waals surface area contributed by atoms with Crippen LogP contribution in [0.5, 0.6) is 0 Å². The Balaban J connectivity index is 0.812. The summed E-state index contributed by atoms with van der Waals surface area (Å²) in [5, 5.41) is 2.39. The minimum absolute atomic E-state index is 0.0732. The molecule has 0 radical (unpaired) electrons. The van der Waals surface area contributed by atoms with E-state index < -0.39 is 0 Å². The van der Waals surface area contributed by atoms with Gasteiger partial charge in [-0.3, -0.25) is 0 Å². The Kier molecular flexibility index (Phi) is 12.6. The maximum atomic E-state index is 5.67. The number of para-hydroxylation sites is 3. The molecule has 0 saturated heterocycles. The molecule has 15 aromatic rings. The van der Waals surface area contributed by atoms with Gasteiger partial charge in [-0.2, -0.15) is 0 Å². The fourth-order valence-corrected chi connectivity index (χ4v) is 13.8. The van der Waals surface area contributed by atoms with E-state index >= 15 is 0 Å². The Bertz CT molecular complexity index is 5160. The number of anilines is 6. The Hall–Kier alpha value is -11.7. The fraction of sp³-hybridized carbons (Fsp3) is 0.0244. The normalized spacial score (nSPS) is 12.3. The molecule has 0 fully saturated rings. The van der Waals surface area contributed by atoms with Gasteiger partial charge in [0.1, 0.15) is 0 Å². The van der Waals surface area contributed by atoms with Gasteiger partial charge in [0, 0.05) is 78.3 Å². The molecule has 0 bridgehead atoms. The van der Waals surface area contributed by atoms with E-state index in [1.165, 1.54) is 61.0 Å². The Morgan fingerprint density at radius 3 is 1.27 bits per heavy atom. The van der Waals surface area contributed by atoms with Crippen LogP contribution in [-0.2, 0) is 0 Å². The van der Waals surface area contributed by atoms with Crippen LogP contribution in [0.2, 0.25) is 0 Å². The van der Waals surface area contributed by atoms with Crippen LogP contribution in [0.3, 0.4) is 0 Å². The van der Waals surface area contributed by atoms with Crippen molar-refractivity contribution in [1.82, 2.24) is 24.5 Å². The van der Waals surface area contributed by atoms with Crippen LogP contribution in [-0.4, -0.2) is 31.2 Å². The molecule has 0 aliphatic carbocycles. The molecule has 422 valence electrons. The van der Waals surface area contributed by atoms with Gasteiger partial charge in [0.15, 0.2) is 11.6 Å². The molecule has 3 aromatic heterocycles. The summed E-state index contributed by atoms with van der Waals surface area (Å²) in [5.41, 5.74) is 27.6. The summed E-state index contributed by atoms with van der Waals surface area (Å²) in [4.78, 5) is 26.6. The molecule has 8 heteroatoms.